The number of amides is 1. The molecule has 1 amide bonds. The standard InChI is InChI=1S/C16H15N3O2S2/c1-10-4-3-5-12(8-10)21-9-13-18-11(2)14(23-13)15(20)19-16-17-6-7-22-16/h3-8H,9H2,1-2H3,(H,17,19,20). The summed E-state index contributed by atoms with van der Waals surface area (Å²) in [4.78, 5) is 21.3. The van der Waals surface area contributed by atoms with Crippen LogP contribution in [0, 0.1) is 13.8 Å². The Bertz CT molecular complexity index is 813. The average molecular weight is 345 g/mol. The summed E-state index contributed by atoms with van der Waals surface area (Å²) >= 11 is 2.73. The second-order valence-corrected chi connectivity index (χ2v) is 6.90. The fourth-order valence-electron chi connectivity index (χ4n) is 2.01. The van der Waals surface area contributed by atoms with Crippen LogP contribution in [0.5, 0.6) is 5.75 Å². The minimum atomic E-state index is -0.184. The van der Waals surface area contributed by atoms with Gasteiger partial charge in [-0.1, -0.05) is 12.1 Å². The number of rotatable bonds is 5. The molecule has 7 heteroatoms. The Kier molecular flexibility index (Phi) is 4.68. The maximum absolute atomic E-state index is 12.3. The minimum absolute atomic E-state index is 0.184. The van der Waals surface area contributed by atoms with Gasteiger partial charge in [-0.25, -0.2) is 9.97 Å². The van der Waals surface area contributed by atoms with Gasteiger partial charge in [0.1, 0.15) is 22.2 Å². The molecule has 0 aliphatic carbocycles. The smallest absolute Gasteiger partial charge is 0.269 e. The molecule has 0 aliphatic rings. The number of nitrogens with zero attached hydrogens (tertiary/aromatic N) is 2. The van der Waals surface area contributed by atoms with E-state index in [4.69, 9.17) is 4.74 Å². The molecule has 2 heterocycles. The Hall–Kier alpha value is -2.25. The summed E-state index contributed by atoms with van der Waals surface area (Å²) in [5, 5.41) is 5.94. The summed E-state index contributed by atoms with van der Waals surface area (Å²) in [7, 11) is 0. The molecule has 5 nitrogen and oxygen atoms in total. The lowest BCUT2D eigenvalue weighted by Crippen LogP contribution is -2.11. The van der Waals surface area contributed by atoms with Crippen molar-refractivity contribution in [3.63, 3.8) is 0 Å². The molecule has 118 valence electrons. The zero-order valence-corrected chi connectivity index (χ0v) is 14.3. The van der Waals surface area contributed by atoms with Crippen LogP contribution in [-0.4, -0.2) is 15.9 Å². The first-order valence-electron chi connectivity index (χ1n) is 6.98. The van der Waals surface area contributed by atoms with E-state index in [0.29, 0.717) is 22.3 Å². The van der Waals surface area contributed by atoms with Crippen molar-refractivity contribution in [1.29, 1.82) is 0 Å². The third-order valence-electron chi connectivity index (χ3n) is 3.05. The van der Waals surface area contributed by atoms with Gasteiger partial charge in [-0.15, -0.1) is 22.7 Å². The number of carbonyl (C=O) groups excluding carboxylic acids is 1. The number of aromatic nitrogens is 2. The monoisotopic (exact) mass is 345 g/mol. The molecule has 3 aromatic rings. The maximum atomic E-state index is 12.3. The molecule has 0 fully saturated rings. The van der Waals surface area contributed by atoms with Gasteiger partial charge in [0.25, 0.3) is 5.91 Å². The van der Waals surface area contributed by atoms with Crippen LogP contribution in [0.2, 0.25) is 0 Å². The molecule has 0 atom stereocenters. The molecule has 2 aromatic heterocycles. The van der Waals surface area contributed by atoms with Crippen LogP contribution in [0.25, 0.3) is 0 Å². The minimum Gasteiger partial charge on any atom is -0.486 e. The zero-order chi connectivity index (χ0) is 16.2. The quantitative estimate of drug-likeness (QED) is 0.758. The van der Waals surface area contributed by atoms with E-state index in [-0.39, 0.29) is 5.91 Å². The third kappa shape index (κ3) is 3.94. The molecular weight excluding hydrogens is 330 g/mol. The summed E-state index contributed by atoms with van der Waals surface area (Å²) in [5.74, 6) is 0.614. The Labute approximate surface area is 142 Å². The fourth-order valence-corrected chi connectivity index (χ4v) is 3.41. The number of hydrogen-bond acceptors (Lipinski definition) is 6. The number of aryl methyl sites for hydroxylation is 2. The molecule has 0 radical (unpaired) electrons. The summed E-state index contributed by atoms with van der Waals surface area (Å²) in [6, 6.07) is 7.84. The van der Waals surface area contributed by atoms with Crippen molar-refractivity contribution in [3.05, 3.63) is 57.0 Å². The largest absolute Gasteiger partial charge is 0.486 e. The predicted octanol–water partition coefficient (Wildman–Crippen LogP) is 4.05. The molecule has 0 saturated heterocycles. The number of thiazole rings is 2. The number of ether oxygens (including phenoxy) is 1. The van der Waals surface area contributed by atoms with Crippen LogP contribution in [0.1, 0.15) is 25.9 Å². The van der Waals surface area contributed by atoms with Crippen LogP contribution >= 0.6 is 22.7 Å². The van der Waals surface area contributed by atoms with Gasteiger partial charge in [-0.2, -0.15) is 0 Å². The summed E-state index contributed by atoms with van der Waals surface area (Å²) in [5.41, 5.74) is 1.84. The highest BCUT2D eigenvalue weighted by molar-refractivity contribution is 7.15. The molecule has 23 heavy (non-hydrogen) atoms. The van der Waals surface area contributed by atoms with E-state index >= 15 is 0 Å². The van der Waals surface area contributed by atoms with Crippen molar-refractivity contribution in [2.24, 2.45) is 0 Å². The average Bonchev–Trinajstić information content (AvgIpc) is 3.15. The van der Waals surface area contributed by atoms with E-state index in [9.17, 15) is 4.79 Å². The van der Waals surface area contributed by atoms with Crippen molar-refractivity contribution < 1.29 is 9.53 Å². The molecule has 0 unspecified atom stereocenters. The van der Waals surface area contributed by atoms with Crippen molar-refractivity contribution in [1.82, 2.24) is 9.97 Å². The molecule has 1 N–H and O–H groups in total. The van der Waals surface area contributed by atoms with E-state index in [2.05, 4.69) is 15.3 Å². The number of carbonyl (C=O) groups is 1. The molecule has 3 rings (SSSR count). The fraction of sp³-hybridized carbons (Fsp3) is 0.188. The second kappa shape index (κ2) is 6.89. The topological polar surface area (TPSA) is 64.1 Å². The van der Waals surface area contributed by atoms with E-state index in [0.717, 1.165) is 16.3 Å². The Morgan fingerprint density at radius 2 is 2.22 bits per heavy atom. The molecule has 0 aliphatic heterocycles. The Balaban J connectivity index is 1.67. The van der Waals surface area contributed by atoms with Gasteiger partial charge in [0, 0.05) is 11.6 Å². The van der Waals surface area contributed by atoms with Crippen LogP contribution < -0.4 is 10.1 Å². The highest BCUT2D eigenvalue weighted by atomic mass is 32.1. The number of hydrogen-bond donors (Lipinski definition) is 1. The van der Waals surface area contributed by atoms with Gasteiger partial charge in [-0.3, -0.25) is 10.1 Å². The van der Waals surface area contributed by atoms with Crippen LogP contribution in [0.4, 0.5) is 5.13 Å². The van der Waals surface area contributed by atoms with Gasteiger partial charge >= 0.3 is 0 Å². The molecule has 1 aromatic carbocycles. The molecular formula is C16H15N3O2S2. The van der Waals surface area contributed by atoms with Crippen LogP contribution in [-0.2, 0) is 6.61 Å². The maximum Gasteiger partial charge on any atom is 0.269 e. The van der Waals surface area contributed by atoms with Gasteiger partial charge in [0.2, 0.25) is 0 Å². The lowest BCUT2D eigenvalue weighted by Gasteiger charge is -2.04. The number of nitrogens with one attached hydrogen (secondary N) is 1. The predicted molar refractivity (Wildman–Crippen MR) is 92.4 cm³/mol. The number of benzene rings is 1. The zero-order valence-electron chi connectivity index (χ0n) is 12.7. The van der Waals surface area contributed by atoms with Gasteiger partial charge in [0.05, 0.1) is 5.69 Å². The van der Waals surface area contributed by atoms with Crippen molar-refractivity contribution in [2.45, 2.75) is 20.5 Å². The highest BCUT2D eigenvalue weighted by Crippen LogP contribution is 2.22. The van der Waals surface area contributed by atoms with Gasteiger partial charge < -0.3 is 4.74 Å². The van der Waals surface area contributed by atoms with E-state index in [1.165, 1.54) is 22.7 Å². The second-order valence-electron chi connectivity index (χ2n) is 4.92. The first kappa shape index (κ1) is 15.6. The van der Waals surface area contributed by atoms with Crippen molar-refractivity contribution in [2.75, 3.05) is 5.32 Å². The number of anilines is 1. The first-order valence-corrected chi connectivity index (χ1v) is 8.68. The highest BCUT2D eigenvalue weighted by Gasteiger charge is 2.16. The van der Waals surface area contributed by atoms with Crippen LogP contribution in [0.3, 0.4) is 0 Å². The molecule has 0 bridgehead atoms. The van der Waals surface area contributed by atoms with E-state index in [1.54, 1.807) is 6.20 Å². The van der Waals surface area contributed by atoms with Crippen molar-refractivity contribution in [3.8, 4) is 5.75 Å². The van der Waals surface area contributed by atoms with Crippen LogP contribution in [0.15, 0.2) is 35.8 Å². The summed E-state index contributed by atoms with van der Waals surface area (Å²) in [6.45, 7) is 4.18. The Morgan fingerprint density at radius 3 is 2.96 bits per heavy atom. The van der Waals surface area contributed by atoms with Gasteiger partial charge in [0.15, 0.2) is 5.13 Å². The molecule has 0 saturated carbocycles. The normalized spacial score (nSPS) is 10.5. The van der Waals surface area contributed by atoms with E-state index in [1.807, 2.05) is 43.5 Å². The first-order chi connectivity index (χ1) is 11.1. The summed E-state index contributed by atoms with van der Waals surface area (Å²) in [6.07, 6.45) is 1.65. The third-order valence-corrected chi connectivity index (χ3v) is 4.87. The summed E-state index contributed by atoms with van der Waals surface area (Å²) < 4.78 is 5.73. The van der Waals surface area contributed by atoms with Gasteiger partial charge in [-0.05, 0) is 31.5 Å². The Morgan fingerprint density at radius 1 is 1.35 bits per heavy atom. The van der Waals surface area contributed by atoms with E-state index < -0.39 is 0 Å². The van der Waals surface area contributed by atoms with Crippen molar-refractivity contribution >= 4 is 33.7 Å². The lowest BCUT2D eigenvalue weighted by molar-refractivity contribution is 0.103. The SMILES string of the molecule is Cc1cccc(OCc2nc(C)c(C(=O)Nc3nccs3)s2)c1. The molecule has 0 spiro atoms. The lowest BCUT2D eigenvalue weighted by atomic mass is 10.2.